The standard InChI is InChI=1S/C9H13.C5H5.C3H6.2ClH.Ti/c1-6-5-7(2)9(4)8(6)3;1-2-4-5-3-1;1-3-2;;;/h6H,1-4H3;1-3H,4H2;1-2H3;2*1H;/q2*-1;;;;+2/p-2. The molecule has 0 radical (unpaired) electrons. The topological polar surface area (TPSA) is 0 Å². The molecule has 0 aromatic rings. The van der Waals surface area contributed by atoms with E-state index in [1.54, 1.807) is 0 Å². The smallest absolute Gasteiger partial charge is 0.109 e. The van der Waals surface area contributed by atoms with Gasteiger partial charge < -0.3 is 24.8 Å². The predicted octanol–water partition coefficient (Wildman–Crippen LogP) is -1.22. The summed E-state index contributed by atoms with van der Waals surface area (Å²) in [5, 5.41) is 0. The van der Waals surface area contributed by atoms with Gasteiger partial charge in [-0.05, 0) is 0 Å². The minimum atomic E-state index is 0. The zero-order chi connectivity index (χ0) is 14.1. The van der Waals surface area contributed by atoms with Crippen molar-refractivity contribution in [2.45, 2.75) is 48.0 Å². The maximum atomic E-state index is 3.36. The zero-order valence-corrected chi connectivity index (χ0v) is 16.3. The number of hydrogen-bond donors (Lipinski definition) is 0. The second-order valence-corrected chi connectivity index (χ2v) is 6.36. The Hall–Kier alpha value is 0.124. The average molecular weight is 347 g/mol. The van der Waals surface area contributed by atoms with Crippen molar-refractivity contribution in [3.05, 3.63) is 47.1 Å². The summed E-state index contributed by atoms with van der Waals surface area (Å²) in [5.74, 6) is 0.560. The first kappa shape index (κ1) is 25.1. The molecular weight excluding hydrogens is 323 g/mol. The molecule has 2 rings (SSSR count). The van der Waals surface area contributed by atoms with Gasteiger partial charge in [0.1, 0.15) is 0 Å². The van der Waals surface area contributed by atoms with Gasteiger partial charge in [0.15, 0.2) is 0 Å². The number of allylic oxidation sites excluding steroid dienone is 8. The first-order chi connectivity index (χ1) is 8.36. The fraction of sp³-hybridized carbons (Fsp3) is 0.471. The second-order valence-electron chi connectivity index (χ2n) is 4.80. The van der Waals surface area contributed by atoms with Gasteiger partial charge in [0, 0.05) is 0 Å². The van der Waals surface area contributed by atoms with Crippen molar-refractivity contribution < 1.29 is 44.8 Å². The van der Waals surface area contributed by atoms with Crippen LogP contribution in [0.5, 0.6) is 0 Å². The van der Waals surface area contributed by atoms with Crippen molar-refractivity contribution in [1.82, 2.24) is 0 Å². The molecule has 0 saturated carbocycles. The Bertz CT molecular complexity index is 387. The van der Waals surface area contributed by atoms with Crippen LogP contribution < -0.4 is 24.8 Å². The molecule has 0 spiro atoms. The van der Waals surface area contributed by atoms with E-state index in [2.05, 4.69) is 79.7 Å². The minimum Gasteiger partial charge on any atom is -1.00 e. The Labute approximate surface area is 149 Å². The third-order valence-corrected chi connectivity index (χ3v) is 2.82. The fourth-order valence-electron chi connectivity index (χ4n) is 1.50. The van der Waals surface area contributed by atoms with E-state index in [1.165, 1.54) is 20.5 Å². The van der Waals surface area contributed by atoms with Crippen LogP contribution in [0, 0.1) is 18.1 Å². The van der Waals surface area contributed by atoms with Crippen LogP contribution in [-0.4, -0.2) is 3.81 Å². The summed E-state index contributed by atoms with van der Waals surface area (Å²) in [4.78, 5) is 0. The maximum absolute atomic E-state index is 3.36. The van der Waals surface area contributed by atoms with Gasteiger partial charge in [-0.1, -0.05) is 26.7 Å². The molecule has 0 nitrogen and oxygen atoms in total. The zero-order valence-electron chi connectivity index (χ0n) is 13.3. The van der Waals surface area contributed by atoms with Crippen molar-refractivity contribution in [2.24, 2.45) is 5.92 Å². The SMILES string of the molecule is CC1=[C-]C(C)C(C)=C1C.C[C](C)=[Ti+2].[C-]1=CC=CC1.[Cl-].[Cl-]. The van der Waals surface area contributed by atoms with Gasteiger partial charge in [0.2, 0.25) is 0 Å². The molecule has 0 aliphatic heterocycles. The Morgan fingerprint density at radius 1 is 1.20 bits per heavy atom. The Morgan fingerprint density at radius 3 is 1.80 bits per heavy atom. The first-order valence-electron chi connectivity index (χ1n) is 6.37. The van der Waals surface area contributed by atoms with E-state index in [-0.39, 0.29) is 24.8 Å². The summed E-state index contributed by atoms with van der Waals surface area (Å²) in [5.41, 5.74) is 4.25. The molecule has 0 bridgehead atoms. The van der Waals surface area contributed by atoms with Crippen molar-refractivity contribution in [1.29, 1.82) is 0 Å². The molecule has 2 aliphatic rings. The summed E-state index contributed by atoms with van der Waals surface area (Å²) >= 11 is 2.08. The number of halogens is 2. The van der Waals surface area contributed by atoms with Gasteiger partial charge in [-0.3, -0.25) is 12.2 Å². The van der Waals surface area contributed by atoms with Gasteiger partial charge in [0.05, 0.1) is 0 Å². The summed E-state index contributed by atoms with van der Waals surface area (Å²) in [6, 6.07) is 0. The van der Waals surface area contributed by atoms with E-state index in [4.69, 9.17) is 0 Å². The summed E-state index contributed by atoms with van der Waals surface area (Å²) in [6.45, 7) is 12.8. The van der Waals surface area contributed by atoms with Crippen LogP contribution in [0.15, 0.2) is 34.9 Å². The summed E-state index contributed by atoms with van der Waals surface area (Å²) in [7, 11) is 0. The Kier molecular flexibility index (Phi) is 17.7. The minimum absolute atomic E-state index is 0. The average Bonchev–Trinajstić information content (AvgIpc) is 2.89. The van der Waals surface area contributed by atoms with Crippen LogP contribution in [0.4, 0.5) is 0 Å². The molecule has 3 heteroatoms. The van der Waals surface area contributed by atoms with Crippen LogP contribution in [0.1, 0.15) is 48.0 Å². The molecule has 0 fully saturated rings. The Morgan fingerprint density at radius 2 is 1.70 bits per heavy atom. The molecule has 112 valence electrons. The largest absolute Gasteiger partial charge is 1.00 e. The molecular formula is C17H24Cl2Ti-2. The molecule has 20 heavy (non-hydrogen) atoms. The molecule has 0 amide bonds. The van der Waals surface area contributed by atoms with Crippen molar-refractivity contribution in [3.63, 3.8) is 0 Å². The normalized spacial score (nSPS) is 18.0. The van der Waals surface area contributed by atoms with Crippen LogP contribution in [0.25, 0.3) is 0 Å². The molecule has 0 aromatic heterocycles. The third-order valence-electron chi connectivity index (χ3n) is 2.82. The van der Waals surface area contributed by atoms with E-state index < -0.39 is 0 Å². The predicted molar refractivity (Wildman–Crippen MR) is 77.9 cm³/mol. The first-order valence-corrected chi connectivity index (χ1v) is 7.15. The second kappa shape index (κ2) is 14.1. The number of hydrogen-bond acceptors (Lipinski definition) is 0. The van der Waals surface area contributed by atoms with Crippen molar-refractivity contribution in [3.8, 4) is 0 Å². The van der Waals surface area contributed by atoms with E-state index >= 15 is 0 Å². The fourth-order valence-corrected chi connectivity index (χ4v) is 1.50. The molecule has 0 aromatic carbocycles. The molecule has 0 heterocycles. The van der Waals surface area contributed by atoms with Gasteiger partial charge in [-0.25, -0.2) is 17.7 Å². The molecule has 1 atom stereocenters. The molecule has 2 aliphatic carbocycles. The monoisotopic (exact) mass is 346 g/mol. The third kappa shape index (κ3) is 11.9. The molecule has 1 unspecified atom stereocenters. The summed E-state index contributed by atoms with van der Waals surface area (Å²) in [6.07, 6.45) is 13.4. The van der Waals surface area contributed by atoms with E-state index in [0.29, 0.717) is 5.92 Å². The van der Waals surface area contributed by atoms with E-state index in [1.807, 2.05) is 12.2 Å². The summed E-state index contributed by atoms with van der Waals surface area (Å²) < 4.78 is 1.42. The van der Waals surface area contributed by atoms with Gasteiger partial charge in [-0.15, -0.1) is 13.3 Å². The Balaban J connectivity index is -0.000000228. The number of rotatable bonds is 0. The van der Waals surface area contributed by atoms with E-state index in [9.17, 15) is 0 Å². The van der Waals surface area contributed by atoms with Gasteiger partial charge in [-0.2, -0.15) is 17.2 Å². The van der Waals surface area contributed by atoms with E-state index in [0.717, 1.165) is 6.42 Å². The maximum Gasteiger partial charge on any atom is -0.109 e. The van der Waals surface area contributed by atoms with Gasteiger partial charge >= 0.3 is 37.6 Å². The van der Waals surface area contributed by atoms with Crippen LogP contribution in [0.3, 0.4) is 0 Å². The van der Waals surface area contributed by atoms with Crippen molar-refractivity contribution in [2.75, 3.05) is 0 Å². The van der Waals surface area contributed by atoms with Crippen LogP contribution in [-0.2, 0) is 20.0 Å². The van der Waals surface area contributed by atoms with Crippen LogP contribution >= 0.6 is 0 Å². The molecule has 0 N–H and O–H groups in total. The van der Waals surface area contributed by atoms with Crippen molar-refractivity contribution >= 4 is 3.81 Å². The molecule has 0 saturated heterocycles. The van der Waals surface area contributed by atoms with Crippen LogP contribution in [0.2, 0.25) is 0 Å². The van der Waals surface area contributed by atoms with Gasteiger partial charge in [0.25, 0.3) is 0 Å². The quantitative estimate of drug-likeness (QED) is 0.381.